The first-order valence-electron chi connectivity index (χ1n) is 10.4. The molecule has 2 unspecified atom stereocenters. The number of nitrogens with zero attached hydrogens (tertiary/aromatic N) is 2. The lowest BCUT2D eigenvalue weighted by atomic mass is 9.97. The predicted octanol–water partition coefficient (Wildman–Crippen LogP) is 2.02. The van der Waals surface area contributed by atoms with Crippen LogP contribution in [0, 0.1) is 0 Å². The summed E-state index contributed by atoms with van der Waals surface area (Å²) in [6.45, 7) is 0.852. The summed E-state index contributed by atoms with van der Waals surface area (Å²) < 4.78 is 9.74. The molecule has 162 valence electrons. The molecule has 0 radical (unpaired) electrons. The summed E-state index contributed by atoms with van der Waals surface area (Å²) in [7, 11) is 2.61. The molecule has 0 bridgehead atoms. The normalized spacial score (nSPS) is 21.7. The number of piperidine rings is 2. The zero-order valence-electron chi connectivity index (χ0n) is 17.5. The third-order valence-electron chi connectivity index (χ3n) is 5.86. The van der Waals surface area contributed by atoms with Gasteiger partial charge in [0, 0.05) is 13.1 Å². The first-order valence-corrected chi connectivity index (χ1v) is 10.4. The average Bonchev–Trinajstić information content (AvgIpc) is 2.82. The molecule has 3 rings (SSSR count). The second-order valence-corrected chi connectivity index (χ2v) is 7.61. The van der Waals surface area contributed by atoms with Gasteiger partial charge in [0.2, 0.25) is 0 Å². The number of carbonyl (C=O) groups is 4. The van der Waals surface area contributed by atoms with Gasteiger partial charge in [0.1, 0.15) is 12.1 Å². The second kappa shape index (κ2) is 9.73. The smallest absolute Gasteiger partial charge is 0.328 e. The van der Waals surface area contributed by atoms with Crippen LogP contribution in [0.15, 0.2) is 24.3 Å². The van der Waals surface area contributed by atoms with Crippen LogP contribution < -0.4 is 0 Å². The highest BCUT2D eigenvalue weighted by atomic mass is 16.5. The number of likely N-dealkylation sites (tertiary alicyclic amines) is 2. The van der Waals surface area contributed by atoms with E-state index in [1.807, 2.05) is 0 Å². The topological polar surface area (TPSA) is 93.2 Å². The van der Waals surface area contributed by atoms with E-state index >= 15 is 0 Å². The monoisotopic (exact) mass is 416 g/mol. The number of methoxy groups -OCH3 is 2. The Morgan fingerprint density at radius 2 is 1.13 bits per heavy atom. The van der Waals surface area contributed by atoms with Crippen molar-refractivity contribution >= 4 is 23.8 Å². The highest BCUT2D eigenvalue weighted by Gasteiger charge is 2.37. The molecule has 1 aromatic rings. The van der Waals surface area contributed by atoms with Crippen molar-refractivity contribution in [1.82, 2.24) is 9.80 Å². The van der Waals surface area contributed by atoms with Crippen molar-refractivity contribution in [3.63, 3.8) is 0 Å². The highest BCUT2D eigenvalue weighted by Crippen LogP contribution is 2.25. The molecular formula is C22H28N2O6. The first-order chi connectivity index (χ1) is 14.5. The van der Waals surface area contributed by atoms with Crippen LogP contribution >= 0.6 is 0 Å². The summed E-state index contributed by atoms with van der Waals surface area (Å²) in [5.41, 5.74) is 0.458. The molecule has 2 fully saturated rings. The zero-order chi connectivity index (χ0) is 21.7. The minimum Gasteiger partial charge on any atom is -0.467 e. The minimum absolute atomic E-state index is 0.229. The number of hydrogen-bond acceptors (Lipinski definition) is 6. The summed E-state index contributed by atoms with van der Waals surface area (Å²) in [6.07, 6.45) is 4.30. The van der Waals surface area contributed by atoms with Gasteiger partial charge in [-0.15, -0.1) is 0 Å². The van der Waals surface area contributed by atoms with Gasteiger partial charge in [-0.1, -0.05) is 12.1 Å². The maximum Gasteiger partial charge on any atom is 0.328 e. The number of amides is 2. The Morgan fingerprint density at radius 3 is 1.50 bits per heavy atom. The molecule has 2 saturated heterocycles. The van der Waals surface area contributed by atoms with Crippen molar-refractivity contribution in [3.05, 3.63) is 35.4 Å². The van der Waals surface area contributed by atoms with Crippen LogP contribution in [0.4, 0.5) is 0 Å². The molecule has 0 aromatic heterocycles. The number of benzene rings is 1. The van der Waals surface area contributed by atoms with Crippen molar-refractivity contribution in [2.45, 2.75) is 50.6 Å². The van der Waals surface area contributed by atoms with Crippen LogP contribution in [0.5, 0.6) is 0 Å². The first kappa shape index (κ1) is 21.8. The molecule has 1 aromatic carbocycles. The van der Waals surface area contributed by atoms with E-state index in [1.54, 1.807) is 24.3 Å². The summed E-state index contributed by atoms with van der Waals surface area (Å²) >= 11 is 0. The van der Waals surface area contributed by atoms with E-state index in [-0.39, 0.29) is 22.9 Å². The lowest BCUT2D eigenvalue weighted by Crippen LogP contribution is -2.50. The van der Waals surface area contributed by atoms with Gasteiger partial charge >= 0.3 is 11.9 Å². The lowest BCUT2D eigenvalue weighted by molar-refractivity contribution is -0.147. The Labute approximate surface area is 176 Å². The van der Waals surface area contributed by atoms with Crippen LogP contribution in [0.2, 0.25) is 0 Å². The number of esters is 2. The molecule has 2 aliphatic rings. The maximum atomic E-state index is 13.4. The molecule has 0 N–H and O–H groups in total. The molecule has 30 heavy (non-hydrogen) atoms. The van der Waals surface area contributed by atoms with Crippen LogP contribution in [0.25, 0.3) is 0 Å². The third-order valence-corrected chi connectivity index (χ3v) is 5.86. The van der Waals surface area contributed by atoms with Crippen LogP contribution in [-0.4, -0.2) is 72.9 Å². The predicted molar refractivity (Wildman–Crippen MR) is 108 cm³/mol. The second-order valence-electron chi connectivity index (χ2n) is 7.61. The molecule has 0 aliphatic carbocycles. The van der Waals surface area contributed by atoms with Crippen LogP contribution in [0.3, 0.4) is 0 Å². The zero-order valence-corrected chi connectivity index (χ0v) is 17.5. The summed E-state index contributed by atoms with van der Waals surface area (Å²) in [5, 5.41) is 0. The quantitative estimate of drug-likeness (QED) is 0.697. The molecule has 8 heteroatoms. The standard InChI is InChI=1S/C22H28N2O6/c1-29-21(27)17-11-5-7-13-23(17)19(25)15-9-3-4-10-16(15)20(26)24-14-8-6-12-18(24)22(28)30-2/h3-4,9-10,17-18H,5-8,11-14H2,1-2H3. The van der Waals surface area contributed by atoms with E-state index in [9.17, 15) is 19.2 Å². The number of ether oxygens (including phenoxy) is 2. The number of carbonyl (C=O) groups excluding carboxylic acids is 4. The van der Waals surface area contributed by atoms with E-state index in [0.717, 1.165) is 25.7 Å². The Bertz CT molecular complexity index is 757. The van der Waals surface area contributed by atoms with E-state index in [0.29, 0.717) is 25.9 Å². The Balaban J connectivity index is 1.91. The van der Waals surface area contributed by atoms with Gasteiger partial charge in [0.15, 0.2) is 0 Å². The minimum atomic E-state index is -0.655. The number of rotatable bonds is 4. The third kappa shape index (κ3) is 4.32. The largest absolute Gasteiger partial charge is 0.467 e. The van der Waals surface area contributed by atoms with E-state index < -0.39 is 24.0 Å². The van der Waals surface area contributed by atoms with Gasteiger partial charge in [-0.25, -0.2) is 9.59 Å². The van der Waals surface area contributed by atoms with E-state index in [2.05, 4.69) is 0 Å². The summed E-state index contributed by atoms with van der Waals surface area (Å²) in [4.78, 5) is 54.1. The van der Waals surface area contributed by atoms with Crippen molar-refractivity contribution < 1.29 is 28.7 Å². The average molecular weight is 416 g/mol. The van der Waals surface area contributed by atoms with Gasteiger partial charge < -0.3 is 19.3 Å². The lowest BCUT2D eigenvalue weighted by Gasteiger charge is -2.36. The maximum absolute atomic E-state index is 13.4. The van der Waals surface area contributed by atoms with Gasteiger partial charge in [-0.05, 0) is 50.7 Å². The molecule has 2 aliphatic heterocycles. The summed E-state index contributed by atoms with van der Waals surface area (Å²) in [6, 6.07) is 5.25. The molecule has 2 heterocycles. The Kier molecular flexibility index (Phi) is 7.07. The fraction of sp³-hybridized carbons (Fsp3) is 0.545. The van der Waals surface area contributed by atoms with Crippen LogP contribution in [0.1, 0.15) is 59.2 Å². The molecule has 2 atom stereocenters. The van der Waals surface area contributed by atoms with Gasteiger partial charge in [-0.2, -0.15) is 0 Å². The van der Waals surface area contributed by atoms with E-state index in [4.69, 9.17) is 9.47 Å². The fourth-order valence-corrected chi connectivity index (χ4v) is 4.28. The SMILES string of the molecule is COC(=O)C1CCCCN1C(=O)c1ccccc1C(=O)N1CCCCC1C(=O)OC. The molecule has 0 spiro atoms. The van der Waals surface area contributed by atoms with Gasteiger partial charge in [0.25, 0.3) is 11.8 Å². The van der Waals surface area contributed by atoms with Crippen molar-refractivity contribution in [2.24, 2.45) is 0 Å². The van der Waals surface area contributed by atoms with Gasteiger partial charge in [-0.3, -0.25) is 9.59 Å². The van der Waals surface area contributed by atoms with E-state index in [1.165, 1.54) is 24.0 Å². The van der Waals surface area contributed by atoms with Gasteiger partial charge in [0.05, 0.1) is 25.3 Å². The number of hydrogen-bond donors (Lipinski definition) is 0. The van der Waals surface area contributed by atoms with Crippen molar-refractivity contribution in [1.29, 1.82) is 0 Å². The molecule has 2 amide bonds. The summed E-state index contributed by atoms with van der Waals surface area (Å²) in [5.74, 6) is -1.65. The van der Waals surface area contributed by atoms with Crippen molar-refractivity contribution in [3.8, 4) is 0 Å². The van der Waals surface area contributed by atoms with Crippen LogP contribution in [-0.2, 0) is 19.1 Å². The molecule has 0 saturated carbocycles. The Hall–Kier alpha value is -2.90. The fourth-order valence-electron chi connectivity index (χ4n) is 4.28. The molecular weight excluding hydrogens is 388 g/mol. The molecule has 8 nitrogen and oxygen atoms in total. The highest BCUT2D eigenvalue weighted by molar-refractivity contribution is 6.08. The van der Waals surface area contributed by atoms with Crippen molar-refractivity contribution in [2.75, 3.05) is 27.3 Å². The Morgan fingerprint density at radius 1 is 0.733 bits per heavy atom.